The highest BCUT2D eigenvalue weighted by Gasteiger charge is 2.34. The van der Waals surface area contributed by atoms with E-state index < -0.39 is 17.3 Å². The zero-order valence-electron chi connectivity index (χ0n) is 25.4. The van der Waals surface area contributed by atoms with E-state index in [2.05, 4.69) is 39.7 Å². The van der Waals surface area contributed by atoms with Crippen molar-refractivity contribution < 1.29 is 13.6 Å². The van der Waals surface area contributed by atoms with Crippen LogP contribution in [0.5, 0.6) is 0 Å². The minimum atomic E-state index is -0.909. The third kappa shape index (κ3) is 5.76. The van der Waals surface area contributed by atoms with Crippen molar-refractivity contribution >= 4 is 28.3 Å². The van der Waals surface area contributed by atoms with Crippen molar-refractivity contribution in [2.24, 2.45) is 0 Å². The number of anilines is 1. The van der Waals surface area contributed by atoms with E-state index >= 15 is 4.39 Å². The number of carbonyl (C=O) groups excluding carboxylic acids is 1. The number of rotatable bonds is 8. The fourth-order valence-electron chi connectivity index (χ4n) is 5.67. The van der Waals surface area contributed by atoms with Gasteiger partial charge in [0.2, 0.25) is 5.91 Å². The van der Waals surface area contributed by atoms with Crippen molar-refractivity contribution in [1.82, 2.24) is 29.4 Å². The maximum absolute atomic E-state index is 15.8. The Balaban J connectivity index is 2.12. The van der Waals surface area contributed by atoms with Crippen molar-refractivity contribution in [3.8, 4) is 5.69 Å². The number of aromatic nitrogens is 5. The summed E-state index contributed by atoms with van der Waals surface area (Å²) in [7, 11) is 0. The topological polar surface area (TPSA) is 97.1 Å². The summed E-state index contributed by atoms with van der Waals surface area (Å²) in [6, 6.07) is 0.691. The highest BCUT2D eigenvalue weighted by molar-refractivity contribution is 5.91. The molecule has 1 aliphatic heterocycles. The number of hydrogen-bond acceptors (Lipinski definition) is 7. The van der Waals surface area contributed by atoms with Crippen LogP contribution in [0.25, 0.3) is 22.3 Å². The summed E-state index contributed by atoms with van der Waals surface area (Å²) in [4.78, 5) is 48.2. The second-order valence-electron chi connectivity index (χ2n) is 11.3. The van der Waals surface area contributed by atoms with Gasteiger partial charge in [-0.1, -0.05) is 59.6 Å². The molecule has 3 aromatic heterocycles. The molecular formula is C32H37F2N7O2. The van der Waals surface area contributed by atoms with Gasteiger partial charge in [0.25, 0.3) is 0 Å². The average Bonchev–Trinajstić information content (AvgIpc) is 2.94. The lowest BCUT2D eigenvalue weighted by molar-refractivity contribution is -0.130. The molecule has 4 rings (SSSR count). The van der Waals surface area contributed by atoms with Crippen LogP contribution in [-0.4, -0.2) is 60.5 Å². The van der Waals surface area contributed by atoms with E-state index in [-0.39, 0.29) is 57.9 Å². The quantitative estimate of drug-likeness (QED) is 0.249. The van der Waals surface area contributed by atoms with Crippen molar-refractivity contribution in [2.45, 2.75) is 65.5 Å². The standard InChI is InChI=1S/C32H37F2N7O2/c1-10-12-22(21(9)33)28-24(34)13-23-30(39-14-19(7)40(20(8)15-39)25(42)11-2)38-32(43)41(31(23)37-28)29-26(17(3)4)35-16-36-27(29)18(5)6/h10-13,16-20H,1-2,9,14-15H2,3-8H3/b22-12+/t19-,20+. The molecule has 0 unspecified atom stereocenters. The van der Waals surface area contributed by atoms with Crippen LogP contribution in [0.15, 0.2) is 61.0 Å². The van der Waals surface area contributed by atoms with E-state index in [0.29, 0.717) is 30.2 Å². The van der Waals surface area contributed by atoms with Gasteiger partial charge in [0.1, 0.15) is 29.5 Å². The number of amides is 1. The van der Waals surface area contributed by atoms with Gasteiger partial charge in [-0.25, -0.2) is 33.1 Å². The summed E-state index contributed by atoms with van der Waals surface area (Å²) in [5.74, 6) is -1.96. The molecule has 1 amide bonds. The lowest BCUT2D eigenvalue weighted by Crippen LogP contribution is -2.58. The van der Waals surface area contributed by atoms with Crippen LogP contribution < -0.4 is 10.6 Å². The largest absolute Gasteiger partial charge is 0.355 e. The lowest BCUT2D eigenvalue weighted by atomic mass is 10.0. The predicted octanol–water partition coefficient (Wildman–Crippen LogP) is 5.62. The zero-order valence-corrected chi connectivity index (χ0v) is 25.4. The molecule has 9 nitrogen and oxygen atoms in total. The maximum atomic E-state index is 15.8. The lowest BCUT2D eigenvalue weighted by Gasteiger charge is -2.44. The molecule has 0 radical (unpaired) electrons. The van der Waals surface area contributed by atoms with Crippen LogP contribution in [0.1, 0.15) is 70.5 Å². The first-order valence-electron chi connectivity index (χ1n) is 14.2. The number of nitrogens with zero attached hydrogens (tertiary/aromatic N) is 7. The smallest absolute Gasteiger partial charge is 0.352 e. The Kier molecular flexibility index (Phi) is 9.03. The molecule has 0 spiro atoms. The Bertz CT molecular complexity index is 1670. The molecule has 226 valence electrons. The maximum Gasteiger partial charge on any atom is 0.355 e. The van der Waals surface area contributed by atoms with Gasteiger partial charge in [-0.3, -0.25) is 4.79 Å². The van der Waals surface area contributed by atoms with Crippen LogP contribution in [-0.2, 0) is 4.79 Å². The predicted molar refractivity (Wildman–Crippen MR) is 165 cm³/mol. The van der Waals surface area contributed by atoms with Crippen molar-refractivity contribution in [2.75, 3.05) is 18.0 Å². The second kappa shape index (κ2) is 12.4. The van der Waals surface area contributed by atoms with Crippen molar-refractivity contribution in [3.63, 3.8) is 0 Å². The molecule has 0 N–H and O–H groups in total. The first-order chi connectivity index (χ1) is 20.3. The molecule has 0 saturated carbocycles. The molecule has 1 fully saturated rings. The van der Waals surface area contributed by atoms with E-state index in [1.54, 1.807) is 4.90 Å². The fraction of sp³-hybridized carbons (Fsp3) is 0.375. The number of piperazine rings is 1. The first-order valence-corrected chi connectivity index (χ1v) is 14.2. The highest BCUT2D eigenvalue weighted by atomic mass is 19.1. The molecule has 0 bridgehead atoms. The molecular weight excluding hydrogens is 552 g/mol. The molecule has 1 saturated heterocycles. The fourth-order valence-corrected chi connectivity index (χ4v) is 5.67. The van der Waals surface area contributed by atoms with Gasteiger partial charge >= 0.3 is 5.69 Å². The third-order valence-electron chi connectivity index (χ3n) is 7.48. The molecule has 1 aliphatic rings. The van der Waals surface area contributed by atoms with Crippen molar-refractivity contribution in [3.05, 3.63) is 89.6 Å². The molecule has 3 aromatic rings. The number of fused-ring (bicyclic) bond motifs is 1. The van der Waals surface area contributed by atoms with Crippen molar-refractivity contribution in [1.29, 1.82) is 0 Å². The van der Waals surface area contributed by atoms with Gasteiger partial charge in [-0.2, -0.15) is 4.98 Å². The molecule has 43 heavy (non-hydrogen) atoms. The molecule has 11 heteroatoms. The Labute approximate surface area is 250 Å². The minimum absolute atomic E-state index is 0.0612. The Morgan fingerprint density at radius 1 is 1.05 bits per heavy atom. The van der Waals surface area contributed by atoms with Crippen LogP contribution in [0.2, 0.25) is 0 Å². The van der Waals surface area contributed by atoms with E-state index in [4.69, 9.17) is 0 Å². The van der Waals surface area contributed by atoms with Crippen LogP contribution in [0.3, 0.4) is 0 Å². The van der Waals surface area contributed by atoms with Crippen LogP contribution in [0.4, 0.5) is 14.6 Å². The van der Waals surface area contributed by atoms with E-state index in [1.807, 2.05) is 46.4 Å². The number of halogens is 2. The van der Waals surface area contributed by atoms with E-state index in [0.717, 1.165) is 0 Å². The number of allylic oxidation sites excluding steroid dienone is 4. The van der Waals surface area contributed by atoms with Gasteiger partial charge in [0, 0.05) is 30.7 Å². The Morgan fingerprint density at radius 2 is 1.63 bits per heavy atom. The summed E-state index contributed by atoms with van der Waals surface area (Å²) in [6.07, 6.45) is 5.30. The zero-order chi connectivity index (χ0) is 31.7. The van der Waals surface area contributed by atoms with Crippen LogP contribution in [0, 0.1) is 5.82 Å². The number of pyridine rings is 1. The van der Waals surface area contributed by atoms with Gasteiger partial charge < -0.3 is 9.80 Å². The summed E-state index contributed by atoms with van der Waals surface area (Å²) >= 11 is 0. The third-order valence-corrected chi connectivity index (χ3v) is 7.48. The normalized spacial score (nSPS) is 17.6. The Hall–Kier alpha value is -4.54. The van der Waals surface area contributed by atoms with Gasteiger partial charge in [-0.15, -0.1) is 0 Å². The number of hydrogen-bond donors (Lipinski definition) is 0. The Morgan fingerprint density at radius 3 is 2.12 bits per heavy atom. The molecule has 2 atom stereocenters. The average molecular weight is 590 g/mol. The molecule has 0 aromatic carbocycles. The first kappa shape index (κ1) is 31.4. The monoisotopic (exact) mass is 589 g/mol. The molecule has 0 aliphatic carbocycles. The summed E-state index contributed by atoms with van der Waals surface area (Å²) in [6.45, 7) is 22.7. The van der Waals surface area contributed by atoms with E-state index in [9.17, 15) is 14.0 Å². The van der Waals surface area contributed by atoms with Gasteiger partial charge in [0.15, 0.2) is 5.65 Å². The summed E-state index contributed by atoms with van der Waals surface area (Å²) in [5, 5.41) is 0.236. The second-order valence-corrected chi connectivity index (χ2v) is 11.3. The number of carbonyl (C=O) groups is 1. The highest BCUT2D eigenvalue weighted by Crippen LogP contribution is 2.34. The van der Waals surface area contributed by atoms with Gasteiger partial charge in [0.05, 0.1) is 22.5 Å². The van der Waals surface area contributed by atoms with E-state index in [1.165, 1.54) is 35.2 Å². The summed E-state index contributed by atoms with van der Waals surface area (Å²) in [5.41, 5.74) is 0.420. The van der Waals surface area contributed by atoms with Gasteiger partial charge in [-0.05, 0) is 37.8 Å². The summed E-state index contributed by atoms with van der Waals surface area (Å²) < 4.78 is 31.7. The SMILES string of the molecule is C=C/C=C(\C(=C)F)c1nc2c(cc1F)c(N1C[C@@H](C)N(C(=O)C=C)[C@@H](C)C1)nc(=O)n2-c1c(C(C)C)ncnc1C(C)C. The molecule has 4 heterocycles. The minimum Gasteiger partial charge on any atom is -0.352 e. The van der Waals surface area contributed by atoms with Crippen LogP contribution >= 0.6 is 0 Å².